The molecule has 7 heteroatoms. The highest BCUT2D eigenvalue weighted by atomic mass is 32.2. The first-order chi connectivity index (χ1) is 15.9. The monoisotopic (exact) mass is 462 g/mol. The molecule has 3 aromatic carbocycles. The fraction of sp³-hybridized carbons (Fsp3) is 0.231. The van der Waals surface area contributed by atoms with Crippen LogP contribution in [0, 0.1) is 12.7 Å². The Morgan fingerprint density at radius 2 is 1.91 bits per heavy atom. The van der Waals surface area contributed by atoms with E-state index in [1.807, 2.05) is 31.2 Å². The third-order valence-electron chi connectivity index (χ3n) is 6.17. The first-order valence-electron chi connectivity index (χ1n) is 10.7. The second-order valence-corrected chi connectivity index (χ2v) is 9.51. The van der Waals surface area contributed by atoms with E-state index < -0.39 is 4.87 Å². The molecule has 1 atom stereocenters. The van der Waals surface area contributed by atoms with Crippen molar-refractivity contribution in [3.63, 3.8) is 0 Å². The van der Waals surface area contributed by atoms with Gasteiger partial charge in [0.25, 0.3) is 11.8 Å². The number of amides is 2. The van der Waals surface area contributed by atoms with Crippen LogP contribution < -0.4 is 9.64 Å². The second-order valence-electron chi connectivity index (χ2n) is 8.22. The summed E-state index contributed by atoms with van der Waals surface area (Å²) in [6, 6.07) is 19.1. The van der Waals surface area contributed by atoms with Gasteiger partial charge in [-0.25, -0.2) is 4.39 Å². The summed E-state index contributed by atoms with van der Waals surface area (Å²) in [7, 11) is 1.58. The van der Waals surface area contributed by atoms with Gasteiger partial charge in [0, 0.05) is 23.4 Å². The molecule has 0 N–H and O–H groups in total. The van der Waals surface area contributed by atoms with Crippen molar-refractivity contribution in [2.45, 2.75) is 18.3 Å². The summed E-state index contributed by atoms with van der Waals surface area (Å²) in [5, 5.41) is 0. The molecule has 2 amide bonds. The Morgan fingerprint density at radius 3 is 2.64 bits per heavy atom. The molecule has 5 rings (SSSR count). The highest BCUT2D eigenvalue weighted by Crippen LogP contribution is 2.55. The summed E-state index contributed by atoms with van der Waals surface area (Å²) in [4.78, 5) is 29.8. The molecule has 3 aromatic rings. The fourth-order valence-electron chi connectivity index (χ4n) is 4.55. The van der Waals surface area contributed by atoms with E-state index in [-0.39, 0.29) is 24.2 Å². The minimum Gasteiger partial charge on any atom is -0.497 e. The minimum absolute atomic E-state index is 0.185. The summed E-state index contributed by atoms with van der Waals surface area (Å²) < 4.78 is 19.3. The molecular weight excluding hydrogens is 439 g/mol. The number of nitrogens with zero attached hydrogens (tertiary/aromatic N) is 2. The lowest BCUT2D eigenvalue weighted by molar-refractivity contribution is -0.123. The number of aryl methyl sites for hydroxylation is 1. The lowest BCUT2D eigenvalue weighted by atomic mass is 10.0. The number of carbonyl (C=O) groups is 2. The van der Waals surface area contributed by atoms with Crippen LogP contribution in [0.3, 0.4) is 0 Å². The Morgan fingerprint density at radius 1 is 1.12 bits per heavy atom. The van der Waals surface area contributed by atoms with Crippen LogP contribution in [0.4, 0.5) is 10.1 Å². The number of halogens is 1. The van der Waals surface area contributed by atoms with Crippen molar-refractivity contribution in [2.75, 3.05) is 24.3 Å². The summed E-state index contributed by atoms with van der Waals surface area (Å²) in [5.74, 6) is 0.514. The number of thioether (sulfide) groups is 1. The molecule has 0 bridgehead atoms. The predicted molar refractivity (Wildman–Crippen MR) is 127 cm³/mol. The van der Waals surface area contributed by atoms with Crippen molar-refractivity contribution < 1.29 is 18.7 Å². The average molecular weight is 463 g/mol. The normalized spacial score (nSPS) is 19.3. The van der Waals surface area contributed by atoms with E-state index in [4.69, 9.17) is 4.74 Å². The summed E-state index contributed by atoms with van der Waals surface area (Å²) in [5.41, 5.74) is 3.72. The van der Waals surface area contributed by atoms with Gasteiger partial charge in [-0.2, -0.15) is 0 Å². The lowest BCUT2D eigenvalue weighted by Crippen LogP contribution is -2.50. The van der Waals surface area contributed by atoms with E-state index >= 15 is 0 Å². The van der Waals surface area contributed by atoms with Crippen molar-refractivity contribution in [2.24, 2.45) is 0 Å². The van der Waals surface area contributed by atoms with E-state index in [1.165, 1.54) is 23.9 Å². The topological polar surface area (TPSA) is 49.9 Å². The molecule has 1 spiro atoms. The molecule has 1 saturated heterocycles. The number of hydrogen-bond acceptors (Lipinski definition) is 4. The zero-order valence-corrected chi connectivity index (χ0v) is 19.2. The Kier molecular flexibility index (Phi) is 5.37. The molecule has 2 aliphatic heterocycles. The van der Waals surface area contributed by atoms with Gasteiger partial charge in [-0.1, -0.05) is 29.8 Å². The van der Waals surface area contributed by atoms with Gasteiger partial charge in [0.05, 0.1) is 19.3 Å². The lowest BCUT2D eigenvalue weighted by Gasteiger charge is -2.33. The van der Waals surface area contributed by atoms with E-state index in [9.17, 15) is 14.0 Å². The average Bonchev–Trinajstić information content (AvgIpc) is 3.36. The van der Waals surface area contributed by atoms with Crippen LogP contribution in [0.1, 0.15) is 27.0 Å². The molecule has 5 nitrogen and oxygen atoms in total. The zero-order valence-electron chi connectivity index (χ0n) is 18.4. The van der Waals surface area contributed by atoms with Crippen molar-refractivity contribution in [3.8, 4) is 5.75 Å². The second kappa shape index (κ2) is 8.23. The Hall–Kier alpha value is -3.32. The number of carbonyl (C=O) groups excluding carboxylic acids is 2. The van der Waals surface area contributed by atoms with Crippen molar-refractivity contribution in [1.29, 1.82) is 0 Å². The van der Waals surface area contributed by atoms with Gasteiger partial charge in [-0.3, -0.25) is 9.59 Å². The van der Waals surface area contributed by atoms with Crippen LogP contribution in [-0.2, 0) is 16.2 Å². The summed E-state index contributed by atoms with van der Waals surface area (Å²) in [6.07, 6.45) is 0. The number of anilines is 1. The molecule has 1 fully saturated rings. The fourth-order valence-corrected chi connectivity index (χ4v) is 6.00. The van der Waals surface area contributed by atoms with Gasteiger partial charge in [-0.05, 0) is 55.0 Å². The summed E-state index contributed by atoms with van der Waals surface area (Å²) >= 11 is 1.46. The van der Waals surface area contributed by atoms with Crippen LogP contribution in [0.2, 0.25) is 0 Å². The van der Waals surface area contributed by atoms with E-state index in [1.54, 1.807) is 47.2 Å². The highest BCUT2D eigenvalue weighted by molar-refractivity contribution is 8.01. The third-order valence-corrected chi connectivity index (χ3v) is 7.59. The van der Waals surface area contributed by atoms with Crippen LogP contribution in [0.5, 0.6) is 5.75 Å². The molecule has 2 aliphatic rings. The number of rotatable bonds is 4. The first-order valence-corrected chi connectivity index (χ1v) is 11.7. The van der Waals surface area contributed by atoms with Crippen LogP contribution >= 0.6 is 11.8 Å². The van der Waals surface area contributed by atoms with E-state index in [0.29, 0.717) is 34.9 Å². The molecule has 0 saturated carbocycles. The van der Waals surface area contributed by atoms with Gasteiger partial charge >= 0.3 is 0 Å². The smallest absolute Gasteiger partial charge is 0.268 e. The molecule has 168 valence electrons. The molecular formula is C26H23FN2O3S. The third kappa shape index (κ3) is 3.47. The quantitative estimate of drug-likeness (QED) is 0.563. The Labute approximate surface area is 196 Å². The summed E-state index contributed by atoms with van der Waals surface area (Å²) in [6.45, 7) is 2.63. The van der Waals surface area contributed by atoms with Gasteiger partial charge in [-0.15, -0.1) is 11.8 Å². The minimum atomic E-state index is -1.18. The van der Waals surface area contributed by atoms with Gasteiger partial charge in [0.2, 0.25) is 0 Å². The van der Waals surface area contributed by atoms with Crippen LogP contribution in [0.15, 0.2) is 66.7 Å². The number of hydrogen-bond donors (Lipinski definition) is 0. The maximum Gasteiger partial charge on any atom is 0.268 e. The molecule has 0 aliphatic carbocycles. The number of ether oxygens (including phenoxy) is 1. The molecule has 0 radical (unpaired) electrons. The van der Waals surface area contributed by atoms with Crippen molar-refractivity contribution >= 4 is 29.3 Å². The molecule has 0 unspecified atom stereocenters. The van der Waals surface area contributed by atoms with Gasteiger partial charge in [0.1, 0.15) is 11.6 Å². The van der Waals surface area contributed by atoms with Crippen LogP contribution in [0.25, 0.3) is 0 Å². The highest BCUT2D eigenvalue weighted by Gasteiger charge is 2.59. The molecule has 2 heterocycles. The molecule has 0 aromatic heterocycles. The SMILES string of the molecule is COc1ccc2c(c1)[C@]1(SCCN1C(=O)c1ccc(C)cc1)C(=O)N2Cc1cccc(F)c1. The maximum absolute atomic E-state index is 14.1. The number of benzene rings is 3. The number of fused-ring (bicyclic) bond motifs is 2. The molecule has 33 heavy (non-hydrogen) atoms. The van der Waals surface area contributed by atoms with Crippen LogP contribution in [-0.4, -0.2) is 36.1 Å². The number of methoxy groups -OCH3 is 1. The van der Waals surface area contributed by atoms with Crippen molar-refractivity contribution in [3.05, 3.63) is 94.8 Å². The van der Waals surface area contributed by atoms with Gasteiger partial charge < -0.3 is 14.5 Å². The largest absolute Gasteiger partial charge is 0.497 e. The standard InChI is InChI=1S/C26H23FN2O3S/c1-17-6-8-19(9-7-17)24(30)29-12-13-33-26(29)22-15-21(32-2)10-11-23(22)28(25(26)31)16-18-4-3-5-20(27)14-18/h3-11,14-15H,12-13,16H2,1-2H3/t26-/m0/s1. The van der Waals surface area contributed by atoms with Crippen molar-refractivity contribution in [1.82, 2.24) is 4.90 Å². The maximum atomic E-state index is 14.1. The van der Waals surface area contributed by atoms with E-state index in [0.717, 1.165) is 11.1 Å². The first kappa shape index (κ1) is 21.5. The predicted octanol–water partition coefficient (Wildman–Crippen LogP) is 4.73. The van der Waals surface area contributed by atoms with E-state index in [2.05, 4.69) is 0 Å². The Balaban J connectivity index is 1.61. The Bertz CT molecular complexity index is 1250. The van der Waals surface area contributed by atoms with Gasteiger partial charge in [0.15, 0.2) is 4.87 Å². The zero-order chi connectivity index (χ0) is 23.2.